The van der Waals surface area contributed by atoms with E-state index < -0.39 is 0 Å². The molecule has 8 nitrogen and oxygen atoms in total. The number of nitrogens with one attached hydrogen (secondary N) is 1. The van der Waals surface area contributed by atoms with Gasteiger partial charge in [0.15, 0.2) is 23.9 Å². The van der Waals surface area contributed by atoms with Crippen LogP contribution in [0.5, 0.6) is 11.5 Å². The van der Waals surface area contributed by atoms with Crippen molar-refractivity contribution in [3.63, 3.8) is 0 Å². The molecule has 0 aliphatic heterocycles. The molecule has 1 N–H and O–H groups in total. The molecule has 0 aliphatic carbocycles. The average Bonchev–Trinajstić information content (AvgIpc) is 3.02. The molecule has 0 saturated carbocycles. The van der Waals surface area contributed by atoms with Crippen LogP contribution >= 0.6 is 11.6 Å². The highest BCUT2D eigenvalue weighted by molar-refractivity contribution is 6.30. The second-order valence-electron chi connectivity index (χ2n) is 9.46. The van der Waals surface area contributed by atoms with Crippen LogP contribution in [0.2, 0.25) is 5.02 Å². The van der Waals surface area contributed by atoms with E-state index in [1.807, 2.05) is 55.5 Å². The summed E-state index contributed by atoms with van der Waals surface area (Å²) >= 11 is 5.93. The molecule has 4 aromatic carbocycles. The van der Waals surface area contributed by atoms with Gasteiger partial charge >= 0.3 is 0 Å². The Bertz CT molecular complexity index is 1850. The van der Waals surface area contributed by atoms with E-state index >= 15 is 0 Å². The Kier molecular flexibility index (Phi) is 9.29. The molecule has 0 spiro atoms. The number of allylic oxidation sites excluding steroid dienone is 1. The van der Waals surface area contributed by atoms with Gasteiger partial charge < -0.3 is 14.8 Å². The van der Waals surface area contributed by atoms with Crippen molar-refractivity contribution in [3.8, 4) is 22.9 Å². The lowest BCUT2D eigenvalue weighted by Crippen LogP contribution is -2.21. The summed E-state index contributed by atoms with van der Waals surface area (Å²) in [5.41, 5.74) is 3.07. The molecule has 1 heterocycles. The highest BCUT2D eigenvalue weighted by Gasteiger charge is 2.16. The zero-order chi connectivity index (χ0) is 30.2. The lowest BCUT2D eigenvalue weighted by atomic mass is 10.1. The molecule has 0 radical (unpaired) electrons. The lowest BCUT2D eigenvalue weighted by molar-refractivity contribution is -0.118. The molecule has 216 valence electrons. The quantitative estimate of drug-likeness (QED) is 0.135. The summed E-state index contributed by atoms with van der Waals surface area (Å²) in [7, 11) is 0. The Morgan fingerprint density at radius 2 is 1.77 bits per heavy atom. The van der Waals surface area contributed by atoms with Crippen molar-refractivity contribution in [2.24, 2.45) is 5.10 Å². The third kappa shape index (κ3) is 6.99. The zero-order valence-electron chi connectivity index (χ0n) is 23.5. The number of ether oxygens (including phenoxy) is 2. The fourth-order valence-electron chi connectivity index (χ4n) is 4.49. The van der Waals surface area contributed by atoms with Gasteiger partial charge in [-0.3, -0.25) is 9.59 Å². The van der Waals surface area contributed by atoms with Crippen molar-refractivity contribution in [1.82, 2.24) is 9.66 Å². The van der Waals surface area contributed by atoms with Crippen LogP contribution in [-0.2, 0) is 11.2 Å². The summed E-state index contributed by atoms with van der Waals surface area (Å²) in [6.07, 6.45) is 3.76. The van der Waals surface area contributed by atoms with Crippen LogP contribution in [0.25, 0.3) is 22.3 Å². The Hall–Kier alpha value is -5.21. The monoisotopic (exact) mass is 592 g/mol. The van der Waals surface area contributed by atoms with E-state index in [0.29, 0.717) is 57.5 Å². The number of fused-ring (bicyclic) bond motifs is 1. The minimum Gasteiger partial charge on any atom is -0.490 e. The molecule has 9 heteroatoms. The van der Waals surface area contributed by atoms with Crippen LogP contribution in [-0.4, -0.2) is 35.0 Å². The molecular formula is C34H29ClN4O4. The molecule has 0 unspecified atom stereocenters. The minimum atomic E-state index is -0.336. The highest BCUT2D eigenvalue weighted by atomic mass is 35.5. The Labute approximate surface area is 253 Å². The number of benzene rings is 4. The van der Waals surface area contributed by atoms with E-state index in [4.69, 9.17) is 26.1 Å². The number of carbonyl (C=O) groups excluding carboxylic acids is 1. The molecule has 0 saturated heterocycles. The van der Waals surface area contributed by atoms with Gasteiger partial charge in [-0.15, -0.1) is 6.58 Å². The highest BCUT2D eigenvalue weighted by Crippen LogP contribution is 2.34. The van der Waals surface area contributed by atoms with Gasteiger partial charge in [-0.05, 0) is 67.4 Å². The molecule has 1 amide bonds. The van der Waals surface area contributed by atoms with E-state index in [1.54, 1.807) is 54.8 Å². The lowest BCUT2D eigenvalue weighted by Gasteiger charge is -2.17. The van der Waals surface area contributed by atoms with Crippen molar-refractivity contribution in [3.05, 3.63) is 130 Å². The van der Waals surface area contributed by atoms with Crippen LogP contribution in [0.4, 0.5) is 5.69 Å². The molecule has 43 heavy (non-hydrogen) atoms. The van der Waals surface area contributed by atoms with Gasteiger partial charge in [0.1, 0.15) is 0 Å². The number of amides is 1. The van der Waals surface area contributed by atoms with Crippen molar-refractivity contribution < 1.29 is 14.3 Å². The number of nitrogens with zero attached hydrogens (tertiary/aromatic N) is 3. The van der Waals surface area contributed by atoms with Crippen molar-refractivity contribution in [2.45, 2.75) is 13.3 Å². The van der Waals surface area contributed by atoms with Crippen LogP contribution < -0.4 is 20.3 Å². The van der Waals surface area contributed by atoms with Crippen molar-refractivity contribution in [1.29, 1.82) is 0 Å². The van der Waals surface area contributed by atoms with Crippen molar-refractivity contribution in [2.75, 3.05) is 18.5 Å². The van der Waals surface area contributed by atoms with E-state index in [-0.39, 0.29) is 18.1 Å². The first-order valence-corrected chi connectivity index (χ1v) is 14.0. The second-order valence-corrected chi connectivity index (χ2v) is 9.89. The summed E-state index contributed by atoms with van der Waals surface area (Å²) in [6, 6.07) is 27.0. The first-order chi connectivity index (χ1) is 21.0. The number of rotatable bonds is 11. The number of aromatic nitrogens is 2. The predicted octanol–water partition coefficient (Wildman–Crippen LogP) is 6.74. The SMILES string of the molecule is C=CCc1cc(C=Nn2c(-c3ccccc3)nc3ccccc3c2=O)cc(OCC)c1OCC(=O)Nc1ccc(Cl)cc1. The number of halogens is 1. The Morgan fingerprint density at radius 1 is 1.02 bits per heavy atom. The van der Waals surface area contributed by atoms with Gasteiger partial charge in [0.2, 0.25) is 0 Å². The van der Waals surface area contributed by atoms with Crippen LogP contribution in [0, 0.1) is 0 Å². The molecule has 0 atom stereocenters. The van der Waals surface area contributed by atoms with Crippen LogP contribution in [0.15, 0.2) is 114 Å². The van der Waals surface area contributed by atoms with E-state index in [2.05, 4.69) is 17.0 Å². The maximum Gasteiger partial charge on any atom is 0.282 e. The van der Waals surface area contributed by atoms with Gasteiger partial charge in [0.05, 0.1) is 23.7 Å². The van der Waals surface area contributed by atoms with Gasteiger partial charge in [-0.25, -0.2) is 4.98 Å². The second kappa shape index (κ2) is 13.6. The fourth-order valence-corrected chi connectivity index (χ4v) is 4.62. The summed E-state index contributed by atoms with van der Waals surface area (Å²) in [5.74, 6) is 0.953. The first-order valence-electron chi connectivity index (χ1n) is 13.7. The third-order valence-corrected chi connectivity index (χ3v) is 6.65. The summed E-state index contributed by atoms with van der Waals surface area (Å²) in [4.78, 5) is 30.9. The largest absolute Gasteiger partial charge is 0.490 e. The molecule has 5 rings (SSSR count). The number of anilines is 1. The topological polar surface area (TPSA) is 94.8 Å². The van der Waals surface area contributed by atoms with E-state index in [1.165, 1.54) is 4.68 Å². The normalized spacial score (nSPS) is 11.0. The molecule has 0 fully saturated rings. The molecule has 1 aromatic heterocycles. The molecule has 0 bridgehead atoms. The van der Waals surface area contributed by atoms with Crippen LogP contribution in [0.1, 0.15) is 18.1 Å². The predicted molar refractivity (Wildman–Crippen MR) is 172 cm³/mol. The first kappa shape index (κ1) is 29.3. The maximum atomic E-state index is 13.5. The third-order valence-electron chi connectivity index (χ3n) is 6.40. The average molecular weight is 593 g/mol. The van der Waals surface area contributed by atoms with E-state index in [0.717, 1.165) is 11.1 Å². The summed E-state index contributed by atoms with van der Waals surface area (Å²) < 4.78 is 13.2. The smallest absolute Gasteiger partial charge is 0.282 e. The van der Waals surface area contributed by atoms with Crippen molar-refractivity contribution >= 4 is 40.3 Å². The van der Waals surface area contributed by atoms with E-state index in [9.17, 15) is 9.59 Å². The number of hydrogen-bond donors (Lipinski definition) is 1. The summed E-state index contributed by atoms with van der Waals surface area (Å²) in [6.45, 7) is 5.86. The van der Waals surface area contributed by atoms with Gasteiger partial charge in [0, 0.05) is 21.8 Å². The number of carbonyl (C=O) groups is 1. The Balaban J connectivity index is 1.49. The number of hydrogen-bond acceptors (Lipinski definition) is 6. The molecule has 0 aliphatic rings. The fraction of sp³-hybridized carbons (Fsp3) is 0.118. The maximum absolute atomic E-state index is 13.5. The Morgan fingerprint density at radius 3 is 2.51 bits per heavy atom. The summed E-state index contributed by atoms with van der Waals surface area (Å²) in [5, 5.41) is 8.40. The standard InChI is InChI=1S/C34H29ClN4O4/c1-3-10-25-19-23(20-30(42-4-2)32(25)43-22-31(40)37-27-17-15-26(35)16-18-27)21-36-39-33(24-11-6-5-7-12-24)38-29-14-9-8-13-28(29)34(39)41/h3,5-9,11-21H,1,4,10,22H2,2H3,(H,37,40). The zero-order valence-corrected chi connectivity index (χ0v) is 24.3. The molecule has 5 aromatic rings. The minimum absolute atomic E-state index is 0.237. The van der Waals surface area contributed by atoms with Gasteiger partial charge in [-0.2, -0.15) is 9.78 Å². The van der Waals surface area contributed by atoms with Gasteiger partial charge in [-0.1, -0.05) is 60.1 Å². The van der Waals surface area contributed by atoms with Gasteiger partial charge in [0.25, 0.3) is 11.5 Å². The molecular weight excluding hydrogens is 564 g/mol. The van der Waals surface area contributed by atoms with Crippen LogP contribution in [0.3, 0.4) is 0 Å². The number of para-hydroxylation sites is 1.